The minimum absolute atomic E-state index is 0.605. The molecule has 4 nitrogen and oxygen atoms in total. The van der Waals surface area contributed by atoms with Crippen LogP contribution in [0, 0.1) is 5.92 Å². The van der Waals surface area contributed by atoms with Crippen molar-refractivity contribution >= 4 is 23.4 Å². The summed E-state index contributed by atoms with van der Waals surface area (Å²) in [6, 6.07) is 7.74. The Kier molecular flexibility index (Phi) is 5.88. The summed E-state index contributed by atoms with van der Waals surface area (Å²) in [6.45, 7) is 5.87. The van der Waals surface area contributed by atoms with Crippen molar-refractivity contribution in [3.05, 3.63) is 41.0 Å². The van der Waals surface area contributed by atoms with Crippen molar-refractivity contribution in [1.82, 2.24) is 15.5 Å². The number of thioether (sulfide) groups is 1. The molecule has 0 saturated heterocycles. The van der Waals surface area contributed by atoms with Gasteiger partial charge in [0.25, 0.3) is 0 Å². The summed E-state index contributed by atoms with van der Waals surface area (Å²) in [4.78, 5) is 5.37. The summed E-state index contributed by atoms with van der Waals surface area (Å²) in [5.41, 5.74) is 0. The largest absolute Gasteiger partial charge is 0.338 e. The molecule has 1 N–H and O–H groups in total. The fraction of sp³-hybridized carbons (Fsp3) is 0.429. The Bertz CT molecular complexity index is 545. The number of nitrogens with one attached hydrogen (secondary N) is 1. The van der Waals surface area contributed by atoms with E-state index in [0.29, 0.717) is 29.9 Å². The van der Waals surface area contributed by atoms with Crippen molar-refractivity contribution in [3.63, 3.8) is 0 Å². The van der Waals surface area contributed by atoms with Crippen LogP contribution in [-0.4, -0.2) is 16.7 Å². The highest BCUT2D eigenvalue weighted by Gasteiger charge is 2.08. The molecule has 0 atom stereocenters. The summed E-state index contributed by atoms with van der Waals surface area (Å²) in [7, 11) is 0. The summed E-state index contributed by atoms with van der Waals surface area (Å²) in [6.07, 6.45) is 0. The Morgan fingerprint density at radius 1 is 1.35 bits per heavy atom. The van der Waals surface area contributed by atoms with Crippen LogP contribution in [0.2, 0.25) is 5.02 Å². The van der Waals surface area contributed by atoms with Crippen molar-refractivity contribution in [3.8, 4) is 0 Å². The van der Waals surface area contributed by atoms with Crippen LogP contribution in [0.3, 0.4) is 0 Å². The lowest BCUT2D eigenvalue weighted by Crippen LogP contribution is -2.19. The molecule has 1 aromatic heterocycles. The van der Waals surface area contributed by atoms with Gasteiger partial charge in [0, 0.05) is 4.90 Å². The Hall–Kier alpha value is -1.04. The topological polar surface area (TPSA) is 51.0 Å². The van der Waals surface area contributed by atoms with Crippen molar-refractivity contribution < 1.29 is 4.52 Å². The van der Waals surface area contributed by atoms with Crippen LogP contribution >= 0.6 is 23.4 Å². The third-order valence-electron chi connectivity index (χ3n) is 2.53. The molecular formula is C14H18ClN3OS. The van der Waals surface area contributed by atoms with Gasteiger partial charge in [-0.2, -0.15) is 4.98 Å². The predicted octanol–water partition coefficient (Wildman–Crippen LogP) is 3.76. The van der Waals surface area contributed by atoms with Gasteiger partial charge in [-0.25, -0.2) is 0 Å². The van der Waals surface area contributed by atoms with E-state index in [-0.39, 0.29) is 0 Å². The van der Waals surface area contributed by atoms with Gasteiger partial charge in [-0.05, 0) is 24.6 Å². The van der Waals surface area contributed by atoms with E-state index in [1.54, 1.807) is 11.8 Å². The van der Waals surface area contributed by atoms with Crippen molar-refractivity contribution in [1.29, 1.82) is 0 Å². The number of rotatable bonds is 7. The summed E-state index contributed by atoms with van der Waals surface area (Å²) in [5.74, 6) is 2.57. The minimum Gasteiger partial charge on any atom is -0.338 e. The van der Waals surface area contributed by atoms with E-state index in [0.717, 1.165) is 16.5 Å². The highest BCUT2D eigenvalue weighted by molar-refractivity contribution is 7.98. The molecule has 0 unspecified atom stereocenters. The lowest BCUT2D eigenvalue weighted by Gasteiger charge is -2.03. The Balaban J connectivity index is 1.82. The Labute approximate surface area is 128 Å². The van der Waals surface area contributed by atoms with Gasteiger partial charge in [0.2, 0.25) is 5.89 Å². The first-order chi connectivity index (χ1) is 9.65. The molecule has 0 spiro atoms. The van der Waals surface area contributed by atoms with Gasteiger partial charge < -0.3 is 9.84 Å². The van der Waals surface area contributed by atoms with Gasteiger partial charge in [0.1, 0.15) is 0 Å². The van der Waals surface area contributed by atoms with E-state index in [9.17, 15) is 0 Å². The summed E-state index contributed by atoms with van der Waals surface area (Å²) < 4.78 is 5.20. The third-order valence-corrected chi connectivity index (χ3v) is 4.04. The lowest BCUT2D eigenvalue weighted by atomic mass is 10.2. The number of aromatic nitrogens is 2. The molecule has 0 fully saturated rings. The number of hydrogen-bond donors (Lipinski definition) is 1. The maximum Gasteiger partial charge on any atom is 0.240 e. The second kappa shape index (κ2) is 7.67. The van der Waals surface area contributed by atoms with E-state index < -0.39 is 0 Å². The molecule has 6 heteroatoms. The van der Waals surface area contributed by atoms with Gasteiger partial charge >= 0.3 is 0 Å². The lowest BCUT2D eigenvalue weighted by molar-refractivity contribution is 0.360. The molecule has 2 rings (SSSR count). The average Bonchev–Trinajstić information content (AvgIpc) is 2.85. The quantitative estimate of drug-likeness (QED) is 0.789. The molecule has 0 bridgehead atoms. The van der Waals surface area contributed by atoms with Crippen LogP contribution in [0.4, 0.5) is 0 Å². The van der Waals surface area contributed by atoms with Crippen molar-refractivity contribution in [2.24, 2.45) is 5.92 Å². The van der Waals surface area contributed by atoms with Crippen LogP contribution in [0.5, 0.6) is 0 Å². The van der Waals surface area contributed by atoms with Gasteiger partial charge in [-0.15, -0.1) is 11.8 Å². The molecule has 1 aromatic carbocycles. The zero-order chi connectivity index (χ0) is 14.4. The zero-order valence-corrected chi connectivity index (χ0v) is 13.2. The number of halogens is 1. The summed E-state index contributed by atoms with van der Waals surface area (Å²) >= 11 is 7.70. The first kappa shape index (κ1) is 15.4. The van der Waals surface area contributed by atoms with E-state index in [2.05, 4.69) is 29.3 Å². The molecular weight excluding hydrogens is 294 g/mol. The van der Waals surface area contributed by atoms with E-state index in [4.69, 9.17) is 16.1 Å². The highest BCUT2D eigenvalue weighted by atomic mass is 35.5. The normalized spacial score (nSPS) is 11.2. The maximum absolute atomic E-state index is 6.10. The summed E-state index contributed by atoms with van der Waals surface area (Å²) in [5, 5.41) is 7.99. The number of benzene rings is 1. The van der Waals surface area contributed by atoms with E-state index >= 15 is 0 Å². The average molecular weight is 312 g/mol. The smallest absolute Gasteiger partial charge is 0.240 e. The fourth-order valence-electron chi connectivity index (χ4n) is 1.59. The zero-order valence-electron chi connectivity index (χ0n) is 11.6. The molecule has 0 aliphatic heterocycles. The van der Waals surface area contributed by atoms with Crippen LogP contribution in [0.25, 0.3) is 0 Å². The number of nitrogens with zero attached hydrogens (tertiary/aromatic N) is 2. The van der Waals surface area contributed by atoms with Gasteiger partial charge in [-0.1, -0.05) is 42.7 Å². The van der Waals surface area contributed by atoms with Crippen LogP contribution in [0.1, 0.15) is 25.6 Å². The minimum atomic E-state index is 0.605. The monoisotopic (exact) mass is 311 g/mol. The van der Waals surface area contributed by atoms with E-state index in [1.807, 2.05) is 24.3 Å². The first-order valence-corrected chi connectivity index (χ1v) is 7.91. The van der Waals surface area contributed by atoms with Crippen LogP contribution in [0.15, 0.2) is 33.7 Å². The Morgan fingerprint density at radius 2 is 2.15 bits per heavy atom. The standard InChI is InChI=1S/C14H18ClN3OS/c1-10(2)7-16-8-14-17-13(18-19-14)9-20-12-6-4-3-5-11(12)15/h3-6,10,16H,7-9H2,1-2H3. The molecule has 108 valence electrons. The molecule has 0 aliphatic carbocycles. The molecule has 0 radical (unpaired) electrons. The second-order valence-electron chi connectivity index (χ2n) is 4.85. The third kappa shape index (κ3) is 4.81. The highest BCUT2D eigenvalue weighted by Crippen LogP contribution is 2.28. The molecule has 0 amide bonds. The first-order valence-electron chi connectivity index (χ1n) is 6.54. The van der Waals surface area contributed by atoms with Gasteiger partial charge in [-0.3, -0.25) is 0 Å². The molecule has 20 heavy (non-hydrogen) atoms. The molecule has 0 aliphatic rings. The van der Waals surface area contributed by atoms with Crippen LogP contribution in [-0.2, 0) is 12.3 Å². The molecule has 2 aromatic rings. The Morgan fingerprint density at radius 3 is 2.90 bits per heavy atom. The fourth-order valence-corrected chi connectivity index (χ4v) is 2.67. The predicted molar refractivity (Wildman–Crippen MR) is 81.9 cm³/mol. The SMILES string of the molecule is CC(C)CNCc1nc(CSc2ccccc2Cl)no1. The molecule has 1 heterocycles. The van der Waals surface area contributed by atoms with Crippen molar-refractivity contribution in [2.75, 3.05) is 6.54 Å². The van der Waals surface area contributed by atoms with E-state index in [1.165, 1.54) is 0 Å². The maximum atomic E-state index is 6.10. The van der Waals surface area contributed by atoms with Crippen LogP contribution < -0.4 is 5.32 Å². The van der Waals surface area contributed by atoms with Gasteiger partial charge in [0.15, 0.2) is 5.82 Å². The van der Waals surface area contributed by atoms with Crippen molar-refractivity contribution in [2.45, 2.75) is 31.0 Å². The molecule has 0 saturated carbocycles. The second-order valence-corrected chi connectivity index (χ2v) is 6.27. The van der Waals surface area contributed by atoms with Gasteiger partial charge in [0.05, 0.1) is 17.3 Å². The number of hydrogen-bond acceptors (Lipinski definition) is 5.